The molecule has 0 saturated carbocycles. The topological polar surface area (TPSA) is 95.1 Å². The van der Waals surface area contributed by atoms with Gasteiger partial charge in [-0.3, -0.25) is 14.7 Å². The molecule has 0 spiro atoms. The first-order valence-electron chi connectivity index (χ1n) is 5.05. The van der Waals surface area contributed by atoms with Crippen molar-refractivity contribution in [3.8, 4) is 0 Å². The van der Waals surface area contributed by atoms with Crippen LogP contribution in [0.2, 0.25) is 0 Å². The minimum Gasteiger partial charge on any atom is -0.480 e. The molecule has 1 aromatic heterocycles. The van der Waals surface area contributed by atoms with Crippen LogP contribution in [-0.4, -0.2) is 33.2 Å². The smallest absolute Gasteiger partial charge is 0.325 e. The Morgan fingerprint density at radius 1 is 1.47 bits per heavy atom. The molecule has 0 radical (unpaired) electrons. The zero-order chi connectivity index (χ0) is 12.4. The van der Waals surface area contributed by atoms with Crippen molar-refractivity contribution in [1.82, 2.24) is 15.5 Å². The van der Waals surface area contributed by atoms with Gasteiger partial charge >= 0.3 is 5.97 Å². The Kier molecular flexibility index (Phi) is 2.78. The van der Waals surface area contributed by atoms with E-state index in [4.69, 9.17) is 5.11 Å². The molecule has 2 aromatic rings. The third kappa shape index (κ3) is 2.10. The van der Waals surface area contributed by atoms with E-state index in [9.17, 15) is 9.59 Å². The highest BCUT2D eigenvalue weighted by Gasteiger charge is 2.17. The van der Waals surface area contributed by atoms with E-state index in [1.54, 1.807) is 18.3 Å². The van der Waals surface area contributed by atoms with Gasteiger partial charge in [-0.2, -0.15) is 5.10 Å². The van der Waals surface area contributed by atoms with E-state index >= 15 is 0 Å². The van der Waals surface area contributed by atoms with E-state index in [1.807, 2.05) is 6.07 Å². The lowest BCUT2D eigenvalue weighted by Gasteiger charge is -2.09. The Bertz CT molecular complexity index is 576. The summed E-state index contributed by atoms with van der Waals surface area (Å²) in [5, 5.41) is 18.5. The molecule has 1 unspecified atom stereocenters. The lowest BCUT2D eigenvalue weighted by molar-refractivity contribution is -0.138. The van der Waals surface area contributed by atoms with Crippen LogP contribution in [0.15, 0.2) is 24.4 Å². The van der Waals surface area contributed by atoms with Gasteiger partial charge in [0.1, 0.15) is 6.04 Å². The first-order valence-corrected chi connectivity index (χ1v) is 5.05. The summed E-state index contributed by atoms with van der Waals surface area (Å²) in [5.41, 5.74) is 0.982. The summed E-state index contributed by atoms with van der Waals surface area (Å²) in [5.74, 6) is -1.51. The molecule has 1 atom stereocenters. The second-order valence-corrected chi connectivity index (χ2v) is 3.67. The number of carboxylic acid groups (broad SMARTS) is 1. The molecule has 0 bridgehead atoms. The quantitative estimate of drug-likeness (QED) is 0.729. The van der Waals surface area contributed by atoms with E-state index in [0.717, 1.165) is 5.39 Å². The molecule has 1 amide bonds. The van der Waals surface area contributed by atoms with E-state index in [-0.39, 0.29) is 0 Å². The number of nitrogens with zero attached hydrogens (tertiary/aromatic N) is 1. The van der Waals surface area contributed by atoms with Crippen LogP contribution in [0.1, 0.15) is 17.3 Å². The van der Waals surface area contributed by atoms with Gasteiger partial charge in [-0.05, 0) is 13.0 Å². The van der Waals surface area contributed by atoms with Gasteiger partial charge in [0.05, 0.1) is 17.3 Å². The largest absolute Gasteiger partial charge is 0.480 e. The average Bonchev–Trinajstić information content (AvgIpc) is 2.76. The van der Waals surface area contributed by atoms with Crippen molar-refractivity contribution in [3.05, 3.63) is 30.0 Å². The fourth-order valence-electron chi connectivity index (χ4n) is 1.49. The standard InChI is InChI=1S/C11H11N3O3/c1-6(11(16)17)13-10(15)8-4-2-3-7-5-12-14-9(7)8/h2-6H,1H3,(H,12,14)(H,13,15)(H,16,17). The number of carbonyl (C=O) groups excluding carboxylic acids is 1. The number of carbonyl (C=O) groups is 2. The summed E-state index contributed by atoms with van der Waals surface area (Å²) < 4.78 is 0. The number of hydrogen-bond acceptors (Lipinski definition) is 3. The van der Waals surface area contributed by atoms with Gasteiger partial charge in [-0.15, -0.1) is 0 Å². The van der Waals surface area contributed by atoms with E-state index < -0.39 is 17.9 Å². The van der Waals surface area contributed by atoms with Crippen molar-refractivity contribution in [2.75, 3.05) is 0 Å². The fraction of sp³-hybridized carbons (Fsp3) is 0.182. The molecule has 17 heavy (non-hydrogen) atoms. The van der Waals surface area contributed by atoms with Crippen LogP contribution >= 0.6 is 0 Å². The Balaban J connectivity index is 2.30. The Hall–Kier alpha value is -2.37. The molecule has 0 fully saturated rings. The summed E-state index contributed by atoms with van der Waals surface area (Å²) in [7, 11) is 0. The highest BCUT2D eigenvalue weighted by Crippen LogP contribution is 2.15. The molecule has 2 rings (SSSR count). The minimum absolute atomic E-state index is 0.382. The maximum Gasteiger partial charge on any atom is 0.325 e. The van der Waals surface area contributed by atoms with Crippen LogP contribution in [-0.2, 0) is 4.79 Å². The second kappa shape index (κ2) is 4.25. The van der Waals surface area contributed by atoms with Gasteiger partial charge in [0.25, 0.3) is 5.91 Å². The molecule has 0 saturated heterocycles. The van der Waals surface area contributed by atoms with Crippen molar-refractivity contribution >= 4 is 22.8 Å². The third-order valence-electron chi connectivity index (χ3n) is 2.44. The second-order valence-electron chi connectivity index (χ2n) is 3.67. The lowest BCUT2D eigenvalue weighted by Crippen LogP contribution is -2.38. The number of para-hydroxylation sites is 1. The number of hydrogen-bond donors (Lipinski definition) is 3. The molecular weight excluding hydrogens is 222 g/mol. The predicted molar refractivity (Wildman–Crippen MR) is 60.7 cm³/mol. The zero-order valence-electron chi connectivity index (χ0n) is 9.10. The summed E-state index contributed by atoms with van der Waals surface area (Å²) in [6.07, 6.45) is 1.60. The molecule has 0 aliphatic carbocycles. The minimum atomic E-state index is -1.07. The van der Waals surface area contributed by atoms with Crippen LogP contribution in [0.3, 0.4) is 0 Å². The Morgan fingerprint density at radius 3 is 2.94 bits per heavy atom. The van der Waals surface area contributed by atoms with E-state index in [2.05, 4.69) is 15.5 Å². The van der Waals surface area contributed by atoms with E-state index in [1.165, 1.54) is 6.92 Å². The van der Waals surface area contributed by atoms with Crippen molar-refractivity contribution in [2.24, 2.45) is 0 Å². The molecule has 6 nitrogen and oxygen atoms in total. The van der Waals surface area contributed by atoms with E-state index in [0.29, 0.717) is 11.1 Å². The Labute approximate surface area is 96.6 Å². The number of amides is 1. The zero-order valence-corrected chi connectivity index (χ0v) is 9.10. The number of rotatable bonds is 3. The average molecular weight is 233 g/mol. The number of H-pyrrole nitrogens is 1. The van der Waals surface area contributed by atoms with Gasteiger partial charge in [0.15, 0.2) is 0 Å². The maximum absolute atomic E-state index is 11.8. The first kappa shape index (κ1) is 11.1. The monoisotopic (exact) mass is 233 g/mol. The molecule has 0 aliphatic rings. The molecule has 3 N–H and O–H groups in total. The highest BCUT2D eigenvalue weighted by molar-refractivity contribution is 6.06. The summed E-state index contributed by atoms with van der Waals surface area (Å²) in [6, 6.07) is 4.22. The number of nitrogens with one attached hydrogen (secondary N) is 2. The van der Waals surface area contributed by atoms with Crippen LogP contribution < -0.4 is 5.32 Å². The lowest BCUT2D eigenvalue weighted by atomic mass is 10.1. The van der Waals surface area contributed by atoms with Crippen LogP contribution in [0.4, 0.5) is 0 Å². The van der Waals surface area contributed by atoms with Crippen molar-refractivity contribution in [2.45, 2.75) is 13.0 Å². The predicted octanol–water partition coefficient (Wildman–Crippen LogP) is 0.766. The van der Waals surface area contributed by atoms with Crippen molar-refractivity contribution in [1.29, 1.82) is 0 Å². The number of aromatic nitrogens is 2. The fourth-order valence-corrected chi connectivity index (χ4v) is 1.49. The number of benzene rings is 1. The number of fused-ring (bicyclic) bond motifs is 1. The van der Waals surface area contributed by atoms with Gasteiger partial charge in [-0.25, -0.2) is 0 Å². The van der Waals surface area contributed by atoms with Crippen molar-refractivity contribution in [3.63, 3.8) is 0 Å². The summed E-state index contributed by atoms with van der Waals surface area (Å²) >= 11 is 0. The van der Waals surface area contributed by atoms with Crippen LogP contribution in [0.25, 0.3) is 10.9 Å². The molecule has 88 valence electrons. The highest BCUT2D eigenvalue weighted by atomic mass is 16.4. The molecule has 0 aliphatic heterocycles. The number of carboxylic acids is 1. The molecule has 1 heterocycles. The van der Waals surface area contributed by atoms with Crippen LogP contribution in [0, 0.1) is 0 Å². The molecular formula is C11H11N3O3. The number of aromatic amines is 1. The SMILES string of the molecule is CC(NC(=O)c1cccc2cn[nH]c12)C(=O)O. The van der Waals surface area contributed by atoms with Gasteiger partial charge < -0.3 is 10.4 Å². The van der Waals surface area contributed by atoms with Crippen molar-refractivity contribution < 1.29 is 14.7 Å². The normalized spacial score (nSPS) is 12.3. The first-order chi connectivity index (χ1) is 8.09. The summed E-state index contributed by atoms with van der Waals surface area (Å²) in [4.78, 5) is 22.5. The Morgan fingerprint density at radius 2 is 2.24 bits per heavy atom. The molecule has 1 aromatic carbocycles. The van der Waals surface area contributed by atoms with Gasteiger partial charge in [-0.1, -0.05) is 12.1 Å². The third-order valence-corrected chi connectivity index (χ3v) is 2.44. The van der Waals surface area contributed by atoms with Crippen LogP contribution in [0.5, 0.6) is 0 Å². The number of aliphatic carboxylic acids is 1. The maximum atomic E-state index is 11.8. The van der Waals surface area contributed by atoms with Gasteiger partial charge in [0, 0.05) is 5.39 Å². The molecule has 6 heteroatoms. The van der Waals surface area contributed by atoms with Gasteiger partial charge in [0.2, 0.25) is 0 Å². The summed E-state index contributed by atoms with van der Waals surface area (Å²) in [6.45, 7) is 1.41.